The number of carbonyl (C=O) groups excluding carboxylic acids is 1. The molecule has 0 aromatic heterocycles. The standard InChI is InChI=1S/C32H27BrN2O4/c1-22-8-10-24(11-9-22)20-38-28-14-12-27(13-15-28)35-32(36)26(19-34)16-25-17-29(33)31(30(18-25)37-2)39-21-23-6-4-3-5-7-23/h3-18H,20-21H2,1-2H3,(H,35,36)/b26-16+. The number of benzene rings is 4. The predicted molar refractivity (Wildman–Crippen MR) is 156 cm³/mol. The van der Waals surface area contributed by atoms with Gasteiger partial charge in [0, 0.05) is 5.69 Å². The van der Waals surface area contributed by atoms with Crippen LogP contribution < -0.4 is 19.5 Å². The van der Waals surface area contributed by atoms with Gasteiger partial charge in [-0.3, -0.25) is 4.79 Å². The highest BCUT2D eigenvalue weighted by Gasteiger charge is 2.14. The summed E-state index contributed by atoms with van der Waals surface area (Å²) < 4.78 is 17.9. The molecule has 0 unspecified atom stereocenters. The predicted octanol–water partition coefficient (Wildman–Crippen LogP) is 7.47. The van der Waals surface area contributed by atoms with Crippen LogP contribution in [0.15, 0.2) is 101 Å². The van der Waals surface area contributed by atoms with E-state index in [-0.39, 0.29) is 5.57 Å². The summed E-state index contributed by atoms with van der Waals surface area (Å²) in [6, 6.07) is 30.4. The highest BCUT2D eigenvalue weighted by atomic mass is 79.9. The number of halogens is 1. The number of rotatable bonds is 10. The molecule has 4 rings (SSSR count). The number of amides is 1. The van der Waals surface area contributed by atoms with E-state index >= 15 is 0 Å². The summed E-state index contributed by atoms with van der Waals surface area (Å²) in [4.78, 5) is 12.8. The fourth-order valence-corrected chi connectivity index (χ4v) is 4.27. The zero-order valence-corrected chi connectivity index (χ0v) is 23.2. The van der Waals surface area contributed by atoms with Crippen molar-refractivity contribution in [3.63, 3.8) is 0 Å². The Bertz CT molecular complexity index is 1490. The minimum atomic E-state index is -0.523. The van der Waals surface area contributed by atoms with Crippen molar-refractivity contribution in [2.45, 2.75) is 20.1 Å². The van der Waals surface area contributed by atoms with Crippen LogP contribution in [-0.4, -0.2) is 13.0 Å². The number of anilines is 1. The molecule has 0 fully saturated rings. The highest BCUT2D eigenvalue weighted by molar-refractivity contribution is 9.10. The summed E-state index contributed by atoms with van der Waals surface area (Å²) in [5, 5.41) is 12.4. The average molecular weight is 583 g/mol. The van der Waals surface area contributed by atoms with Crippen molar-refractivity contribution < 1.29 is 19.0 Å². The number of hydrogen-bond acceptors (Lipinski definition) is 5. The highest BCUT2D eigenvalue weighted by Crippen LogP contribution is 2.38. The molecular formula is C32H27BrN2O4. The van der Waals surface area contributed by atoms with Gasteiger partial charge in [0.1, 0.15) is 30.6 Å². The van der Waals surface area contributed by atoms with Gasteiger partial charge in [0.05, 0.1) is 11.6 Å². The first kappa shape index (κ1) is 27.5. The first-order valence-corrected chi connectivity index (χ1v) is 13.0. The molecule has 4 aromatic rings. The van der Waals surface area contributed by atoms with Crippen LogP contribution in [0.5, 0.6) is 17.2 Å². The molecule has 0 spiro atoms. The number of nitrogens with zero attached hydrogens (tertiary/aromatic N) is 1. The third-order valence-corrected chi connectivity index (χ3v) is 6.38. The van der Waals surface area contributed by atoms with Crippen molar-refractivity contribution >= 4 is 33.6 Å². The van der Waals surface area contributed by atoms with Crippen LogP contribution >= 0.6 is 15.9 Å². The second-order valence-electron chi connectivity index (χ2n) is 8.73. The summed E-state index contributed by atoms with van der Waals surface area (Å²) >= 11 is 3.52. The van der Waals surface area contributed by atoms with Crippen LogP contribution in [-0.2, 0) is 18.0 Å². The van der Waals surface area contributed by atoms with Crippen molar-refractivity contribution in [2.24, 2.45) is 0 Å². The van der Waals surface area contributed by atoms with E-state index in [1.165, 1.54) is 18.7 Å². The largest absolute Gasteiger partial charge is 0.493 e. The van der Waals surface area contributed by atoms with E-state index in [0.29, 0.717) is 46.2 Å². The Morgan fingerprint density at radius 2 is 1.59 bits per heavy atom. The van der Waals surface area contributed by atoms with E-state index in [2.05, 4.69) is 21.2 Å². The van der Waals surface area contributed by atoms with Gasteiger partial charge in [-0.15, -0.1) is 0 Å². The Hall–Kier alpha value is -4.54. The fraction of sp³-hybridized carbons (Fsp3) is 0.125. The molecule has 0 atom stereocenters. The minimum absolute atomic E-state index is 0.0541. The summed E-state index contributed by atoms with van der Waals surface area (Å²) in [5.74, 6) is 1.16. The normalized spacial score (nSPS) is 10.9. The average Bonchev–Trinajstić information content (AvgIpc) is 2.96. The lowest BCUT2D eigenvalue weighted by Gasteiger charge is -2.14. The summed E-state index contributed by atoms with van der Waals surface area (Å²) in [6.45, 7) is 2.86. The van der Waals surface area contributed by atoms with Gasteiger partial charge >= 0.3 is 0 Å². The summed E-state index contributed by atoms with van der Waals surface area (Å²) in [6.07, 6.45) is 1.50. The molecule has 1 amide bonds. The number of nitriles is 1. The van der Waals surface area contributed by atoms with Crippen LogP contribution in [0.2, 0.25) is 0 Å². The monoisotopic (exact) mass is 582 g/mol. The van der Waals surface area contributed by atoms with Crippen molar-refractivity contribution in [2.75, 3.05) is 12.4 Å². The molecular weight excluding hydrogens is 556 g/mol. The van der Waals surface area contributed by atoms with Crippen LogP contribution in [0.1, 0.15) is 22.3 Å². The molecule has 0 aliphatic carbocycles. The van der Waals surface area contributed by atoms with Crippen molar-refractivity contribution in [1.29, 1.82) is 5.26 Å². The zero-order valence-electron chi connectivity index (χ0n) is 21.6. The molecule has 6 nitrogen and oxygen atoms in total. The summed E-state index contributed by atoms with van der Waals surface area (Å²) in [7, 11) is 1.54. The van der Waals surface area contributed by atoms with Gasteiger partial charge in [-0.1, -0.05) is 60.2 Å². The van der Waals surface area contributed by atoms with Crippen molar-refractivity contribution in [3.8, 4) is 23.3 Å². The maximum atomic E-state index is 12.8. The number of carbonyl (C=O) groups is 1. The number of hydrogen-bond donors (Lipinski definition) is 1. The topological polar surface area (TPSA) is 80.6 Å². The molecule has 0 saturated carbocycles. The second kappa shape index (κ2) is 13.3. The lowest BCUT2D eigenvalue weighted by atomic mass is 10.1. The first-order valence-electron chi connectivity index (χ1n) is 12.2. The van der Waals surface area contributed by atoms with E-state index < -0.39 is 5.91 Å². The van der Waals surface area contributed by atoms with E-state index in [0.717, 1.165) is 11.1 Å². The van der Waals surface area contributed by atoms with Crippen molar-refractivity contribution in [1.82, 2.24) is 0 Å². The third-order valence-electron chi connectivity index (χ3n) is 5.79. The van der Waals surface area contributed by atoms with Gasteiger partial charge in [0.15, 0.2) is 11.5 Å². The Labute approximate surface area is 236 Å². The number of nitrogens with one attached hydrogen (secondary N) is 1. The lowest BCUT2D eigenvalue weighted by molar-refractivity contribution is -0.112. The van der Waals surface area contributed by atoms with Crippen LogP contribution in [0.3, 0.4) is 0 Å². The summed E-state index contributed by atoms with van der Waals surface area (Å²) in [5.41, 5.74) is 4.39. The minimum Gasteiger partial charge on any atom is -0.493 e. The molecule has 0 radical (unpaired) electrons. The maximum Gasteiger partial charge on any atom is 0.266 e. The molecule has 4 aromatic carbocycles. The molecule has 196 valence electrons. The molecule has 7 heteroatoms. The Kier molecular flexibility index (Phi) is 9.39. The Morgan fingerprint density at radius 1 is 0.923 bits per heavy atom. The van der Waals surface area contributed by atoms with Crippen LogP contribution in [0.25, 0.3) is 6.08 Å². The van der Waals surface area contributed by atoms with Gasteiger partial charge in [-0.25, -0.2) is 0 Å². The van der Waals surface area contributed by atoms with E-state index in [1.807, 2.05) is 67.6 Å². The number of methoxy groups -OCH3 is 1. The zero-order chi connectivity index (χ0) is 27.6. The quantitative estimate of drug-likeness (QED) is 0.155. The van der Waals surface area contributed by atoms with Gasteiger partial charge in [0.2, 0.25) is 0 Å². The Balaban J connectivity index is 1.41. The first-order chi connectivity index (χ1) is 18.9. The molecule has 0 heterocycles. The smallest absolute Gasteiger partial charge is 0.266 e. The molecule has 0 saturated heterocycles. The molecule has 39 heavy (non-hydrogen) atoms. The van der Waals surface area contributed by atoms with Gasteiger partial charge < -0.3 is 19.5 Å². The van der Waals surface area contributed by atoms with Gasteiger partial charge in [-0.2, -0.15) is 5.26 Å². The van der Waals surface area contributed by atoms with Crippen molar-refractivity contribution in [3.05, 3.63) is 123 Å². The molecule has 0 bridgehead atoms. The van der Waals surface area contributed by atoms with Crippen LogP contribution in [0.4, 0.5) is 5.69 Å². The van der Waals surface area contributed by atoms with Gasteiger partial charge in [-0.05, 0) is 82.0 Å². The van der Waals surface area contributed by atoms with Crippen LogP contribution in [0, 0.1) is 18.3 Å². The fourth-order valence-electron chi connectivity index (χ4n) is 3.69. The number of ether oxygens (including phenoxy) is 3. The lowest BCUT2D eigenvalue weighted by Crippen LogP contribution is -2.13. The SMILES string of the molecule is COc1cc(/C=C(\C#N)C(=O)Nc2ccc(OCc3ccc(C)cc3)cc2)cc(Br)c1OCc1ccccc1. The van der Waals surface area contributed by atoms with E-state index in [4.69, 9.17) is 14.2 Å². The van der Waals surface area contributed by atoms with E-state index in [1.54, 1.807) is 36.4 Å². The maximum absolute atomic E-state index is 12.8. The molecule has 1 N–H and O–H groups in total. The van der Waals surface area contributed by atoms with Gasteiger partial charge in [0.25, 0.3) is 5.91 Å². The number of aryl methyl sites for hydroxylation is 1. The Morgan fingerprint density at radius 3 is 2.26 bits per heavy atom. The molecule has 0 aliphatic rings. The van der Waals surface area contributed by atoms with E-state index in [9.17, 15) is 10.1 Å². The second-order valence-corrected chi connectivity index (χ2v) is 9.59. The third kappa shape index (κ3) is 7.73. The molecule has 0 aliphatic heterocycles.